The zero-order chi connectivity index (χ0) is 7.56. The number of likely N-dealkylation sites (tertiary alicyclic amines) is 1. The molecule has 1 heterocycles. The smallest absolute Gasteiger partial charge is 0.0322 e. The van der Waals surface area contributed by atoms with E-state index in [1.54, 1.807) is 0 Å². The molecule has 0 aromatic rings. The molecule has 0 atom stereocenters. The van der Waals surface area contributed by atoms with Crippen molar-refractivity contribution in [3.05, 3.63) is 0 Å². The molecule has 0 aromatic carbocycles. The lowest BCUT2D eigenvalue weighted by Gasteiger charge is -2.42. The SMILES string of the molecule is CCNC1CN(C(C)C)C1. The Hall–Kier alpha value is -0.0800. The Morgan fingerprint density at radius 2 is 2.10 bits per heavy atom. The van der Waals surface area contributed by atoms with Crippen LogP contribution in [-0.4, -0.2) is 36.6 Å². The third kappa shape index (κ3) is 1.70. The first kappa shape index (κ1) is 8.02. The second kappa shape index (κ2) is 3.35. The third-order valence-electron chi connectivity index (χ3n) is 2.13. The summed E-state index contributed by atoms with van der Waals surface area (Å²) in [7, 11) is 0. The van der Waals surface area contributed by atoms with E-state index in [9.17, 15) is 0 Å². The van der Waals surface area contributed by atoms with E-state index >= 15 is 0 Å². The molecule has 1 fully saturated rings. The molecule has 10 heavy (non-hydrogen) atoms. The summed E-state index contributed by atoms with van der Waals surface area (Å²) in [6.07, 6.45) is 0. The average Bonchev–Trinajstić information content (AvgIpc) is 1.76. The summed E-state index contributed by atoms with van der Waals surface area (Å²) >= 11 is 0. The summed E-state index contributed by atoms with van der Waals surface area (Å²) in [5, 5.41) is 3.43. The first-order valence-corrected chi connectivity index (χ1v) is 4.21. The molecule has 1 aliphatic rings. The van der Waals surface area contributed by atoms with Gasteiger partial charge < -0.3 is 5.32 Å². The van der Waals surface area contributed by atoms with Gasteiger partial charge in [0.2, 0.25) is 0 Å². The van der Waals surface area contributed by atoms with Gasteiger partial charge in [0.05, 0.1) is 0 Å². The van der Waals surface area contributed by atoms with Crippen LogP contribution in [0.4, 0.5) is 0 Å². The second-order valence-electron chi connectivity index (χ2n) is 3.30. The van der Waals surface area contributed by atoms with E-state index in [1.807, 2.05) is 0 Å². The predicted molar refractivity (Wildman–Crippen MR) is 44.2 cm³/mol. The van der Waals surface area contributed by atoms with Crippen molar-refractivity contribution in [1.82, 2.24) is 10.2 Å². The molecule has 0 bridgehead atoms. The van der Waals surface area contributed by atoms with Crippen molar-refractivity contribution in [2.75, 3.05) is 19.6 Å². The van der Waals surface area contributed by atoms with E-state index in [-0.39, 0.29) is 0 Å². The van der Waals surface area contributed by atoms with Gasteiger partial charge in [-0.15, -0.1) is 0 Å². The molecule has 0 amide bonds. The van der Waals surface area contributed by atoms with Crippen LogP contribution in [0.5, 0.6) is 0 Å². The maximum Gasteiger partial charge on any atom is 0.0322 e. The van der Waals surface area contributed by atoms with Crippen LogP contribution in [0.3, 0.4) is 0 Å². The zero-order valence-electron chi connectivity index (χ0n) is 7.22. The fraction of sp³-hybridized carbons (Fsp3) is 1.00. The van der Waals surface area contributed by atoms with Crippen LogP contribution in [0, 0.1) is 0 Å². The highest BCUT2D eigenvalue weighted by molar-refractivity contribution is 4.86. The Morgan fingerprint density at radius 3 is 2.50 bits per heavy atom. The number of hydrogen-bond acceptors (Lipinski definition) is 2. The zero-order valence-corrected chi connectivity index (χ0v) is 7.22. The molecule has 2 nitrogen and oxygen atoms in total. The Morgan fingerprint density at radius 1 is 1.50 bits per heavy atom. The largest absolute Gasteiger partial charge is 0.312 e. The summed E-state index contributed by atoms with van der Waals surface area (Å²) in [6.45, 7) is 10.3. The van der Waals surface area contributed by atoms with Crippen LogP contribution in [0.25, 0.3) is 0 Å². The van der Waals surface area contributed by atoms with Gasteiger partial charge in [0, 0.05) is 25.2 Å². The van der Waals surface area contributed by atoms with Gasteiger partial charge in [-0.25, -0.2) is 0 Å². The Kier molecular flexibility index (Phi) is 2.69. The van der Waals surface area contributed by atoms with E-state index in [4.69, 9.17) is 0 Å². The quantitative estimate of drug-likeness (QED) is 0.623. The van der Waals surface area contributed by atoms with Gasteiger partial charge in [-0.05, 0) is 20.4 Å². The van der Waals surface area contributed by atoms with E-state index in [0.717, 1.165) is 18.6 Å². The molecule has 1 N–H and O–H groups in total. The first-order valence-electron chi connectivity index (χ1n) is 4.21. The lowest BCUT2D eigenvalue weighted by atomic mass is 10.1. The van der Waals surface area contributed by atoms with Gasteiger partial charge in [-0.2, -0.15) is 0 Å². The van der Waals surface area contributed by atoms with Crippen LogP contribution < -0.4 is 5.32 Å². The molecule has 0 radical (unpaired) electrons. The molecule has 60 valence electrons. The van der Waals surface area contributed by atoms with Crippen molar-refractivity contribution in [2.24, 2.45) is 0 Å². The van der Waals surface area contributed by atoms with Gasteiger partial charge in [0.1, 0.15) is 0 Å². The van der Waals surface area contributed by atoms with Crippen LogP contribution in [0.15, 0.2) is 0 Å². The standard InChI is InChI=1S/C8H18N2/c1-4-9-8-5-10(6-8)7(2)3/h7-9H,4-6H2,1-3H3. The molecule has 1 saturated heterocycles. The van der Waals surface area contributed by atoms with Gasteiger partial charge >= 0.3 is 0 Å². The first-order chi connectivity index (χ1) is 4.74. The summed E-state index contributed by atoms with van der Waals surface area (Å²) in [5.41, 5.74) is 0. The van der Waals surface area contributed by atoms with E-state index in [1.165, 1.54) is 13.1 Å². The number of nitrogens with zero attached hydrogens (tertiary/aromatic N) is 1. The fourth-order valence-electron chi connectivity index (χ4n) is 1.35. The molecule has 2 heteroatoms. The number of hydrogen-bond donors (Lipinski definition) is 1. The number of likely N-dealkylation sites (N-methyl/N-ethyl adjacent to an activating group) is 1. The second-order valence-corrected chi connectivity index (χ2v) is 3.30. The Bertz CT molecular complexity index is 95.4. The predicted octanol–water partition coefficient (Wildman–Crippen LogP) is 0.688. The van der Waals surface area contributed by atoms with Crippen molar-refractivity contribution in [3.8, 4) is 0 Å². The minimum absolute atomic E-state index is 0.731. The molecular formula is C8H18N2. The van der Waals surface area contributed by atoms with Gasteiger partial charge in [-0.1, -0.05) is 6.92 Å². The molecule has 0 saturated carbocycles. The van der Waals surface area contributed by atoms with Gasteiger partial charge in [0.25, 0.3) is 0 Å². The molecule has 0 aliphatic carbocycles. The van der Waals surface area contributed by atoms with Crippen LogP contribution >= 0.6 is 0 Å². The Labute approximate surface area is 63.6 Å². The monoisotopic (exact) mass is 142 g/mol. The van der Waals surface area contributed by atoms with Crippen LogP contribution in [0.2, 0.25) is 0 Å². The minimum atomic E-state index is 0.731. The van der Waals surface area contributed by atoms with E-state index in [2.05, 4.69) is 31.0 Å². The minimum Gasteiger partial charge on any atom is -0.312 e. The average molecular weight is 142 g/mol. The summed E-state index contributed by atoms with van der Waals surface area (Å²) in [5.74, 6) is 0. The maximum absolute atomic E-state index is 3.43. The van der Waals surface area contributed by atoms with Crippen LogP contribution in [0.1, 0.15) is 20.8 Å². The van der Waals surface area contributed by atoms with Gasteiger partial charge in [0.15, 0.2) is 0 Å². The van der Waals surface area contributed by atoms with Crippen molar-refractivity contribution in [1.29, 1.82) is 0 Å². The van der Waals surface area contributed by atoms with Crippen molar-refractivity contribution in [3.63, 3.8) is 0 Å². The molecule has 1 rings (SSSR count). The molecular weight excluding hydrogens is 124 g/mol. The topological polar surface area (TPSA) is 15.3 Å². The molecule has 0 unspecified atom stereocenters. The van der Waals surface area contributed by atoms with E-state index < -0.39 is 0 Å². The Balaban J connectivity index is 2.06. The lowest BCUT2D eigenvalue weighted by Crippen LogP contribution is -2.59. The molecule has 0 spiro atoms. The molecule has 0 aromatic heterocycles. The van der Waals surface area contributed by atoms with Crippen molar-refractivity contribution >= 4 is 0 Å². The highest BCUT2D eigenvalue weighted by Crippen LogP contribution is 2.10. The number of rotatable bonds is 3. The number of nitrogens with one attached hydrogen (secondary N) is 1. The summed E-state index contributed by atoms with van der Waals surface area (Å²) in [4.78, 5) is 2.48. The third-order valence-corrected chi connectivity index (χ3v) is 2.13. The lowest BCUT2D eigenvalue weighted by molar-refractivity contribution is 0.0933. The van der Waals surface area contributed by atoms with Crippen molar-refractivity contribution < 1.29 is 0 Å². The normalized spacial score (nSPS) is 21.6. The molecule has 1 aliphatic heterocycles. The van der Waals surface area contributed by atoms with Crippen molar-refractivity contribution in [2.45, 2.75) is 32.9 Å². The fourth-order valence-corrected chi connectivity index (χ4v) is 1.35. The maximum atomic E-state index is 3.43. The summed E-state index contributed by atoms with van der Waals surface area (Å²) < 4.78 is 0. The van der Waals surface area contributed by atoms with Gasteiger partial charge in [-0.3, -0.25) is 4.90 Å². The van der Waals surface area contributed by atoms with Crippen LogP contribution in [-0.2, 0) is 0 Å². The summed E-state index contributed by atoms with van der Waals surface area (Å²) in [6, 6.07) is 1.50. The highest BCUT2D eigenvalue weighted by Gasteiger charge is 2.26. The van der Waals surface area contributed by atoms with E-state index in [0.29, 0.717) is 0 Å². The highest BCUT2D eigenvalue weighted by atomic mass is 15.3.